The average Bonchev–Trinajstić information content (AvgIpc) is 2.65. The minimum absolute atomic E-state index is 0.0789. The van der Waals surface area contributed by atoms with Gasteiger partial charge < -0.3 is 19.9 Å². The van der Waals surface area contributed by atoms with E-state index in [2.05, 4.69) is 5.32 Å². The molecule has 7 heteroatoms. The maximum Gasteiger partial charge on any atom is 0.330 e. The number of rotatable bonds is 8. The lowest BCUT2D eigenvalue weighted by atomic mass is 9.97. The van der Waals surface area contributed by atoms with Crippen LogP contribution in [0.5, 0.6) is 11.5 Å². The number of carboxylic acids is 1. The molecular formula is C20H22ClNO5. The SMILES string of the molecule is COc1ccc(C(C)CC(=O)NC(C(=O)O)c2ccc(OC)c(Cl)c2)cc1. The van der Waals surface area contributed by atoms with Gasteiger partial charge in [-0.1, -0.05) is 36.7 Å². The highest BCUT2D eigenvalue weighted by atomic mass is 35.5. The molecule has 2 atom stereocenters. The number of benzene rings is 2. The van der Waals surface area contributed by atoms with Gasteiger partial charge >= 0.3 is 5.97 Å². The monoisotopic (exact) mass is 391 g/mol. The van der Waals surface area contributed by atoms with Gasteiger partial charge in [-0.05, 0) is 41.3 Å². The van der Waals surface area contributed by atoms with Gasteiger partial charge in [0, 0.05) is 6.42 Å². The third kappa shape index (κ3) is 5.37. The Morgan fingerprint density at radius 2 is 1.70 bits per heavy atom. The van der Waals surface area contributed by atoms with Gasteiger partial charge in [-0.2, -0.15) is 0 Å². The van der Waals surface area contributed by atoms with Crippen molar-refractivity contribution in [3.05, 3.63) is 58.6 Å². The van der Waals surface area contributed by atoms with Gasteiger partial charge in [-0.25, -0.2) is 4.79 Å². The number of carbonyl (C=O) groups excluding carboxylic acids is 1. The first-order valence-electron chi connectivity index (χ1n) is 8.35. The maximum atomic E-state index is 12.4. The Labute approximate surface area is 163 Å². The summed E-state index contributed by atoms with van der Waals surface area (Å²) < 4.78 is 10.2. The fraction of sp³-hybridized carbons (Fsp3) is 0.300. The topological polar surface area (TPSA) is 84.9 Å². The van der Waals surface area contributed by atoms with Crippen LogP contribution in [0.15, 0.2) is 42.5 Å². The number of halogens is 1. The number of methoxy groups -OCH3 is 2. The van der Waals surface area contributed by atoms with Gasteiger partial charge in [0.25, 0.3) is 0 Å². The minimum Gasteiger partial charge on any atom is -0.497 e. The van der Waals surface area contributed by atoms with Crippen LogP contribution in [-0.2, 0) is 9.59 Å². The molecule has 2 aromatic carbocycles. The first-order valence-corrected chi connectivity index (χ1v) is 8.73. The average molecular weight is 392 g/mol. The predicted octanol–water partition coefficient (Wildman–Crippen LogP) is 3.79. The smallest absolute Gasteiger partial charge is 0.330 e. The fourth-order valence-electron chi connectivity index (χ4n) is 2.70. The van der Waals surface area contributed by atoms with E-state index in [0.29, 0.717) is 11.3 Å². The summed E-state index contributed by atoms with van der Waals surface area (Å²) in [6.07, 6.45) is 0.153. The zero-order valence-corrected chi connectivity index (χ0v) is 16.1. The number of carbonyl (C=O) groups is 2. The van der Waals surface area contributed by atoms with Crippen LogP contribution in [0.4, 0.5) is 0 Å². The molecule has 2 aromatic rings. The highest BCUT2D eigenvalue weighted by molar-refractivity contribution is 6.32. The summed E-state index contributed by atoms with van der Waals surface area (Å²) in [5.41, 5.74) is 1.34. The fourth-order valence-corrected chi connectivity index (χ4v) is 2.96. The second-order valence-corrected chi connectivity index (χ2v) is 6.52. The molecule has 0 bridgehead atoms. The van der Waals surface area contributed by atoms with Crippen molar-refractivity contribution < 1.29 is 24.2 Å². The third-order valence-corrected chi connectivity index (χ3v) is 4.53. The zero-order chi connectivity index (χ0) is 20.0. The van der Waals surface area contributed by atoms with E-state index in [9.17, 15) is 14.7 Å². The zero-order valence-electron chi connectivity index (χ0n) is 15.4. The molecule has 2 rings (SSSR count). The van der Waals surface area contributed by atoms with Crippen molar-refractivity contribution in [3.63, 3.8) is 0 Å². The van der Waals surface area contributed by atoms with Crippen molar-refractivity contribution in [2.75, 3.05) is 14.2 Å². The van der Waals surface area contributed by atoms with Crippen LogP contribution in [0.1, 0.15) is 36.4 Å². The van der Waals surface area contributed by atoms with Crippen molar-refractivity contribution in [1.29, 1.82) is 0 Å². The minimum atomic E-state index is -1.19. The van der Waals surface area contributed by atoms with Crippen molar-refractivity contribution in [3.8, 4) is 11.5 Å². The molecule has 1 amide bonds. The van der Waals surface area contributed by atoms with Crippen LogP contribution in [0.2, 0.25) is 5.02 Å². The molecule has 0 aliphatic heterocycles. The van der Waals surface area contributed by atoms with E-state index >= 15 is 0 Å². The summed E-state index contributed by atoms with van der Waals surface area (Å²) >= 11 is 6.06. The van der Waals surface area contributed by atoms with Crippen LogP contribution in [0.3, 0.4) is 0 Å². The first kappa shape index (κ1) is 20.6. The number of carboxylic acid groups (broad SMARTS) is 1. The van der Waals surface area contributed by atoms with Crippen molar-refractivity contribution in [2.45, 2.75) is 25.3 Å². The molecule has 0 aliphatic rings. The van der Waals surface area contributed by atoms with Crippen LogP contribution in [0.25, 0.3) is 0 Å². The van der Waals surface area contributed by atoms with Gasteiger partial charge in [-0.3, -0.25) is 4.79 Å². The summed E-state index contributed by atoms with van der Waals surface area (Å²) in [6, 6.07) is 10.8. The Bertz CT molecular complexity index is 807. The number of hydrogen-bond acceptors (Lipinski definition) is 4. The van der Waals surface area contributed by atoms with E-state index in [-0.39, 0.29) is 23.3 Å². The quantitative estimate of drug-likeness (QED) is 0.715. The Balaban J connectivity index is 2.08. The van der Waals surface area contributed by atoms with Crippen LogP contribution in [-0.4, -0.2) is 31.2 Å². The Morgan fingerprint density at radius 3 is 2.22 bits per heavy atom. The first-order chi connectivity index (χ1) is 12.8. The lowest BCUT2D eigenvalue weighted by Crippen LogP contribution is -2.34. The lowest BCUT2D eigenvalue weighted by molar-refractivity contribution is -0.142. The summed E-state index contributed by atoms with van der Waals surface area (Å²) in [5, 5.41) is 12.3. The van der Waals surface area contributed by atoms with Crippen LogP contribution >= 0.6 is 11.6 Å². The Morgan fingerprint density at radius 1 is 1.07 bits per heavy atom. The highest BCUT2D eigenvalue weighted by Gasteiger charge is 2.24. The largest absolute Gasteiger partial charge is 0.497 e. The summed E-state index contributed by atoms with van der Waals surface area (Å²) in [4.78, 5) is 24.0. The van der Waals surface area contributed by atoms with Crippen LogP contribution < -0.4 is 14.8 Å². The van der Waals surface area contributed by atoms with Crippen LogP contribution in [0, 0.1) is 0 Å². The number of hydrogen-bond donors (Lipinski definition) is 2. The van der Waals surface area contributed by atoms with E-state index in [0.717, 1.165) is 11.3 Å². The molecule has 0 heterocycles. The standard InChI is InChI=1S/C20H22ClNO5/c1-12(13-4-7-15(26-2)8-5-13)10-18(23)22-19(20(24)25)14-6-9-17(27-3)16(21)11-14/h4-9,11-12,19H,10H2,1-3H3,(H,22,23)(H,24,25). The molecule has 6 nitrogen and oxygen atoms in total. The molecule has 0 spiro atoms. The molecule has 2 N–H and O–H groups in total. The lowest BCUT2D eigenvalue weighted by Gasteiger charge is -2.18. The normalized spacial score (nSPS) is 12.7. The summed E-state index contributed by atoms with van der Waals surface area (Å²) in [6.45, 7) is 1.90. The van der Waals surface area contributed by atoms with Crippen molar-refractivity contribution in [1.82, 2.24) is 5.32 Å². The van der Waals surface area contributed by atoms with E-state index in [1.165, 1.54) is 13.2 Å². The molecule has 27 heavy (non-hydrogen) atoms. The van der Waals surface area contributed by atoms with Gasteiger partial charge in [0.2, 0.25) is 5.91 Å². The molecule has 2 unspecified atom stereocenters. The molecule has 0 radical (unpaired) electrons. The number of ether oxygens (including phenoxy) is 2. The van der Waals surface area contributed by atoms with E-state index in [1.54, 1.807) is 19.2 Å². The molecule has 0 fully saturated rings. The van der Waals surface area contributed by atoms with Crippen molar-refractivity contribution >= 4 is 23.5 Å². The second kappa shape index (κ2) is 9.28. The molecule has 0 aromatic heterocycles. The molecule has 0 saturated carbocycles. The Hall–Kier alpha value is -2.73. The molecule has 0 aliphatic carbocycles. The Kier molecular flexibility index (Phi) is 7.07. The number of nitrogens with one attached hydrogen (secondary N) is 1. The van der Waals surface area contributed by atoms with Gasteiger partial charge in [0.15, 0.2) is 6.04 Å². The number of amides is 1. The molecule has 144 valence electrons. The molecule has 0 saturated heterocycles. The summed E-state index contributed by atoms with van der Waals surface area (Å²) in [7, 11) is 3.06. The van der Waals surface area contributed by atoms with Gasteiger partial charge in [0.1, 0.15) is 11.5 Å². The molecular weight excluding hydrogens is 370 g/mol. The maximum absolute atomic E-state index is 12.4. The van der Waals surface area contributed by atoms with Gasteiger partial charge in [0.05, 0.1) is 19.2 Å². The third-order valence-electron chi connectivity index (χ3n) is 4.24. The van der Waals surface area contributed by atoms with E-state index < -0.39 is 12.0 Å². The highest BCUT2D eigenvalue weighted by Crippen LogP contribution is 2.28. The number of aliphatic carboxylic acids is 1. The van der Waals surface area contributed by atoms with E-state index in [1.807, 2.05) is 31.2 Å². The summed E-state index contributed by atoms with van der Waals surface area (Å²) in [5.74, 6) is -0.439. The van der Waals surface area contributed by atoms with Crippen molar-refractivity contribution in [2.24, 2.45) is 0 Å². The van der Waals surface area contributed by atoms with E-state index in [4.69, 9.17) is 21.1 Å². The second-order valence-electron chi connectivity index (χ2n) is 6.11. The predicted molar refractivity (Wildman–Crippen MR) is 103 cm³/mol. The van der Waals surface area contributed by atoms with Gasteiger partial charge in [-0.15, -0.1) is 0 Å².